The van der Waals surface area contributed by atoms with Gasteiger partial charge in [0.25, 0.3) is 5.91 Å². The Labute approximate surface area is 106 Å². The highest BCUT2D eigenvalue weighted by Gasteiger charge is 2.06. The lowest BCUT2D eigenvalue weighted by Crippen LogP contribution is -2.22. The van der Waals surface area contributed by atoms with E-state index < -0.39 is 0 Å². The second-order valence-electron chi connectivity index (χ2n) is 3.90. The van der Waals surface area contributed by atoms with Gasteiger partial charge in [-0.15, -0.1) is 5.10 Å². The van der Waals surface area contributed by atoms with Crippen LogP contribution in [0.15, 0.2) is 30.5 Å². The van der Waals surface area contributed by atoms with Crippen LogP contribution in [0.25, 0.3) is 11.3 Å². The largest absolute Gasteiger partial charge is 0.352 e. The number of benzene rings is 1. The molecule has 1 aromatic heterocycles. The number of amides is 1. The Hall–Kier alpha value is -2.17. The van der Waals surface area contributed by atoms with Gasteiger partial charge in [-0.2, -0.15) is 0 Å². The lowest BCUT2D eigenvalue weighted by molar-refractivity contribution is 0.0956. The van der Waals surface area contributed by atoms with Crippen LogP contribution in [0.1, 0.15) is 24.2 Å². The average molecular weight is 244 g/mol. The van der Waals surface area contributed by atoms with E-state index in [2.05, 4.69) is 15.6 Å². The van der Waals surface area contributed by atoms with E-state index in [1.165, 1.54) is 0 Å². The number of aromatic nitrogens is 3. The number of nitrogens with zero attached hydrogens (tertiary/aromatic N) is 3. The molecule has 18 heavy (non-hydrogen) atoms. The Kier molecular flexibility index (Phi) is 3.72. The quantitative estimate of drug-likeness (QED) is 0.890. The van der Waals surface area contributed by atoms with Crippen molar-refractivity contribution in [2.45, 2.75) is 20.4 Å². The van der Waals surface area contributed by atoms with Crippen LogP contribution in [0.2, 0.25) is 0 Å². The zero-order valence-electron chi connectivity index (χ0n) is 10.6. The Morgan fingerprint density at radius 2 is 2.00 bits per heavy atom. The molecule has 0 atom stereocenters. The molecule has 0 spiro atoms. The minimum Gasteiger partial charge on any atom is -0.352 e. The van der Waals surface area contributed by atoms with Crippen molar-refractivity contribution in [2.75, 3.05) is 6.54 Å². The summed E-state index contributed by atoms with van der Waals surface area (Å²) < 4.78 is 1.77. The first-order valence-electron chi connectivity index (χ1n) is 6.03. The topological polar surface area (TPSA) is 59.8 Å². The van der Waals surface area contributed by atoms with E-state index in [9.17, 15) is 4.79 Å². The van der Waals surface area contributed by atoms with Crippen LogP contribution in [0.5, 0.6) is 0 Å². The zero-order valence-corrected chi connectivity index (χ0v) is 10.6. The Morgan fingerprint density at radius 3 is 2.56 bits per heavy atom. The van der Waals surface area contributed by atoms with E-state index >= 15 is 0 Å². The highest BCUT2D eigenvalue weighted by atomic mass is 16.1. The number of aryl methyl sites for hydroxylation is 1. The van der Waals surface area contributed by atoms with Gasteiger partial charge >= 0.3 is 0 Å². The van der Waals surface area contributed by atoms with Gasteiger partial charge in [-0.05, 0) is 26.0 Å². The predicted octanol–water partition coefficient (Wildman–Crippen LogP) is 1.71. The van der Waals surface area contributed by atoms with Gasteiger partial charge in [0.05, 0.1) is 6.20 Å². The van der Waals surface area contributed by atoms with E-state index in [0.717, 1.165) is 17.8 Å². The van der Waals surface area contributed by atoms with Crippen LogP contribution >= 0.6 is 0 Å². The lowest BCUT2D eigenvalue weighted by atomic mass is 10.1. The number of carbonyl (C=O) groups excluding carboxylic acids is 1. The van der Waals surface area contributed by atoms with Crippen LogP contribution in [0, 0.1) is 0 Å². The second kappa shape index (κ2) is 5.44. The van der Waals surface area contributed by atoms with Gasteiger partial charge in [-0.3, -0.25) is 9.48 Å². The van der Waals surface area contributed by atoms with Gasteiger partial charge in [-0.1, -0.05) is 17.3 Å². The minimum atomic E-state index is -0.0544. The summed E-state index contributed by atoms with van der Waals surface area (Å²) in [6, 6.07) is 7.36. The number of rotatable bonds is 4. The fourth-order valence-electron chi connectivity index (χ4n) is 1.64. The number of carbonyl (C=O) groups is 1. The van der Waals surface area contributed by atoms with Crippen molar-refractivity contribution in [3.05, 3.63) is 36.0 Å². The SMILES string of the molecule is CCNC(=O)c1ccc(-c2cn(CC)nn2)cc1. The molecule has 0 radical (unpaired) electrons. The Balaban J connectivity index is 2.19. The van der Waals surface area contributed by atoms with Crippen LogP contribution in [-0.2, 0) is 6.54 Å². The maximum Gasteiger partial charge on any atom is 0.251 e. The third kappa shape index (κ3) is 2.56. The van der Waals surface area contributed by atoms with Gasteiger partial charge in [0.15, 0.2) is 0 Å². The molecule has 5 nitrogen and oxygen atoms in total. The molecule has 5 heteroatoms. The molecule has 0 bridgehead atoms. The van der Waals surface area contributed by atoms with Crippen LogP contribution in [-0.4, -0.2) is 27.4 Å². The van der Waals surface area contributed by atoms with Crippen molar-refractivity contribution in [3.8, 4) is 11.3 Å². The summed E-state index contributed by atoms with van der Waals surface area (Å²) in [4.78, 5) is 11.6. The first kappa shape index (κ1) is 12.3. The summed E-state index contributed by atoms with van der Waals surface area (Å²) in [5.41, 5.74) is 2.44. The van der Waals surface area contributed by atoms with Crippen molar-refractivity contribution >= 4 is 5.91 Å². The molecule has 0 saturated heterocycles. The molecule has 2 rings (SSSR count). The Morgan fingerprint density at radius 1 is 1.28 bits per heavy atom. The molecule has 0 saturated carbocycles. The molecular formula is C13H16N4O. The summed E-state index contributed by atoms with van der Waals surface area (Å²) in [5.74, 6) is -0.0544. The van der Waals surface area contributed by atoms with Crippen molar-refractivity contribution in [2.24, 2.45) is 0 Å². The number of nitrogens with one attached hydrogen (secondary N) is 1. The molecular weight excluding hydrogens is 228 g/mol. The van der Waals surface area contributed by atoms with Gasteiger partial charge in [0, 0.05) is 24.2 Å². The molecule has 0 aliphatic rings. The van der Waals surface area contributed by atoms with Crippen LogP contribution in [0.3, 0.4) is 0 Å². The molecule has 1 aromatic carbocycles. The van der Waals surface area contributed by atoms with E-state index in [4.69, 9.17) is 0 Å². The second-order valence-corrected chi connectivity index (χ2v) is 3.90. The number of hydrogen-bond donors (Lipinski definition) is 1. The third-order valence-electron chi connectivity index (χ3n) is 2.64. The zero-order chi connectivity index (χ0) is 13.0. The molecule has 2 aromatic rings. The van der Waals surface area contributed by atoms with E-state index in [1.54, 1.807) is 16.8 Å². The smallest absolute Gasteiger partial charge is 0.251 e. The molecule has 0 aliphatic heterocycles. The monoisotopic (exact) mass is 244 g/mol. The van der Waals surface area contributed by atoms with E-state index in [-0.39, 0.29) is 5.91 Å². The molecule has 1 heterocycles. The first-order chi connectivity index (χ1) is 8.74. The Bertz CT molecular complexity index is 530. The van der Waals surface area contributed by atoms with Crippen molar-refractivity contribution in [1.29, 1.82) is 0 Å². The van der Waals surface area contributed by atoms with Gasteiger partial charge in [0.1, 0.15) is 5.69 Å². The summed E-state index contributed by atoms with van der Waals surface area (Å²) in [5, 5.41) is 10.8. The summed E-state index contributed by atoms with van der Waals surface area (Å²) in [7, 11) is 0. The van der Waals surface area contributed by atoms with Gasteiger partial charge in [0.2, 0.25) is 0 Å². The van der Waals surface area contributed by atoms with Crippen LogP contribution < -0.4 is 5.32 Å². The number of hydrogen-bond acceptors (Lipinski definition) is 3. The fourth-order valence-corrected chi connectivity index (χ4v) is 1.64. The highest BCUT2D eigenvalue weighted by molar-refractivity contribution is 5.94. The summed E-state index contributed by atoms with van der Waals surface area (Å²) >= 11 is 0. The van der Waals surface area contributed by atoms with Crippen molar-refractivity contribution in [3.63, 3.8) is 0 Å². The lowest BCUT2D eigenvalue weighted by Gasteiger charge is -2.02. The third-order valence-corrected chi connectivity index (χ3v) is 2.64. The maximum absolute atomic E-state index is 11.6. The van der Waals surface area contributed by atoms with Crippen molar-refractivity contribution < 1.29 is 4.79 Å². The van der Waals surface area contributed by atoms with Gasteiger partial charge in [-0.25, -0.2) is 0 Å². The summed E-state index contributed by atoms with van der Waals surface area (Å²) in [6.07, 6.45) is 1.89. The molecule has 1 N–H and O–H groups in total. The average Bonchev–Trinajstić information content (AvgIpc) is 2.88. The molecule has 1 amide bonds. The molecule has 0 fully saturated rings. The highest BCUT2D eigenvalue weighted by Crippen LogP contribution is 2.16. The van der Waals surface area contributed by atoms with E-state index in [1.807, 2.05) is 32.2 Å². The van der Waals surface area contributed by atoms with Crippen LogP contribution in [0.4, 0.5) is 0 Å². The molecule has 94 valence electrons. The predicted molar refractivity (Wildman–Crippen MR) is 69.1 cm³/mol. The fraction of sp³-hybridized carbons (Fsp3) is 0.308. The first-order valence-corrected chi connectivity index (χ1v) is 6.03. The normalized spacial score (nSPS) is 10.3. The minimum absolute atomic E-state index is 0.0544. The molecule has 0 aliphatic carbocycles. The standard InChI is InChI=1S/C13H16N4O/c1-3-14-13(18)11-7-5-10(6-8-11)12-9-17(4-2)16-15-12/h5-9H,3-4H2,1-2H3,(H,14,18). The summed E-state index contributed by atoms with van der Waals surface area (Å²) in [6.45, 7) is 5.33. The van der Waals surface area contributed by atoms with Gasteiger partial charge < -0.3 is 5.32 Å². The maximum atomic E-state index is 11.6. The van der Waals surface area contributed by atoms with E-state index in [0.29, 0.717) is 12.1 Å². The van der Waals surface area contributed by atoms with Crippen molar-refractivity contribution in [1.82, 2.24) is 20.3 Å². The molecule has 0 unspecified atom stereocenters.